The van der Waals surface area contributed by atoms with Gasteiger partial charge in [-0.2, -0.15) is 5.10 Å². The van der Waals surface area contributed by atoms with Gasteiger partial charge in [0.05, 0.1) is 0 Å². The van der Waals surface area contributed by atoms with Crippen molar-refractivity contribution in [1.82, 2.24) is 14.5 Å². The summed E-state index contributed by atoms with van der Waals surface area (Å²) < 4.78 is 28.5. The van der Waals surface area contributed by atoms with Crippen LogP contribution in [0.3, 0.4) is 0 Å². The quantitative estimate of drug-likeness (QED) is 0.906. The zero-order valence-electron chi connectivity index (χ0n) is 12.4. The lowest BCUT2D eigenvalue weighted by Gasteiger charge is -2.04. The Morgan fingerprint density at radius 3 is 2.77 bits per heavy atom. The first-order valence-corrected chi connectivity index (χ1v) is 9.47. The smallest absolute Gasteiger partial charge is 0.269 e. The molecule has 0 saturated heterocycles. The number of amides is 1. The van der Waals surface area contributed by atoms with Crippen LogP contribution < -0.4 is 4.72 Å². The summed E-state index contributed by atoms with van der Waals surface area (Å²) in [7, 11) is -3.84. The Morgan fingerprint density at radius 2 is 2.23 bits per heavy atom. The fourth-order valence-electron chi connectivity index (χ4n) is 2.36. The summed E-state index contributed by atoms with van der Waals surface area (Å²) in [5.74, 6) is -0.230. The highest BCUT2D eigenvalue weighted by Crippen LogP contribution is 2.40. The molecule has 0 atom stereocenters. The molecule has 0 bridgehead atoms. The van der Waals surface area contributed by atoms with Crippen molar-refractivity contribution in [3.05, 3.63) is 34.5 Å². The topological polar surface area (TPSA) is 81.1 Å². The Labute approximate surface area is 133 Å². The molecule has 3 rings (SSSR count). The summed E-state index contributed by atoms with van der Waals surface area (Å²) >= 11 is 1.09. The average molecular weight is 339 g/mol. The zero-order chi connectivity index (χ0) is 15.9. The Morgan fingerprint density at radius 1 is 1.50 bits per heavy atom. The van der Waals surface area contributed by atoms with Crippen molar-refractivity contribution in [1.29, 1.82) is 0 Å². The highest BCUT2D eigenvalue weighted by molar-refractivity contribution is 7.92. The third kappa shape index (κ3) is 2.80. The molecule has 0 unspecified atom stereocenters. The van der Waals surface area contributed by atoms with Gasteiger partial charge in [0, 0.05) is 18.2 Å². The number of rotatable bonds is 5. The predicted octanol–water partition coefficient (Wildman–Crippen LogP) is 2.27. The third-order valence-electron chi connectivity index (χ3n) is 3.63. The van der Waals surface area contributed by atoms with E-state index in [1.807, 2.05) is 6.92 Å². The van der Waals surface area contributed by atoms with Crippen molar-refractivity contribution in [2.75, 3.05) is 0 Å². The number of aryl methyl sites for hydroxylation is 2. The molecular weight excluding hydrogens is 322 g/mol. The molecule has 0 aromatic carbocycles. The van der Waals surface area contributed by atoms with Crippen LogP contribution in [0, 0.1) is 6.92 Å². The number of nitrogens with one attached hydrogen (secondary N) is 1. The summed E-state index contributed by atoms with van der Waals surface area (Å²) in [5.41, 5.74) is 1.79. The van der Waals surface area contributed by atoms with E-state index < -0.39 is 15.9 Å². The number of hydrogen-bond acceptors (Lipinski definition) is 5. The average Bonchev–Trinajstić information content (AvgIpc) is 3.05. The van der Waals surface area contributed by atoms with E-state index in [0.717, 1.165) is 29.9 Å². The standard InChI is InChI=1S/C14H17N3O3S2/c1-3-17-12(10-4-5-10)8-11(15-17)13(18)16-22(19,20)14-9(2)6-7-21-14/h6-8,10H,3-5H2,1-2H3,(H,16,18). The molecule has 2 heterocycles. The molecule has 22 heavy (non-hydrogen) atoms. The van der Waals surface area contributed by atoms with Gasteiger partial charge in [0.2, 0.25) is 0 Å². The number of carbonyl (C=O) groups is 1. The zero-order valence-corrected chi connectivity index (χ0v) is 14.0. The Kier molecular flexibility index (Phi) is 3.82. The van der Waals surface area contributed by atoms with Crippen molar-refractivity contribution >= 4 is 27.3 Å². The third-order valence-corrected chi connectivity index (χ3v) is 6.64. The van der Waals surface area contributed by atoms with Crippen LogP contribution in [-0.2, 0) is 16.6 Å². The van der Waals surface area contributed by atoms with Crippen LogP contribution >= 0.6 is 11.3 Å². The highest BCUT2D eigenvalue weighted by Gasteiger charge is 2.30. The van der Waals surface area contributed by atoms with Gasteiger partial charge >= 0.3 is 0 Å². The maximum absolute atomic E-state index is 12.2. The second-order valence-electron chi connectivity index (χ2n) is 5.37. The molecule has 2 aromatic heterocycles. The van der Waals surface area contributed by atoms with Gasteiger partial charge in [-0.15, -0.1) is 11.3 Å². The number of carbonyl (C=O) groups excluding carboxylic acids is 1. The molecule has 1 saturated carbocycles. The van der Waals surface area contributed by atoms with E-state index >= 15 is 0 Å². The number of nitrogens with zero attached hydrogens (tertiary/aromatic N) is 2. The van der Waals surface area contributed by atoms with E-state index in [2.05, 4.69) is 9.82 Å². The monoisotopic (exact) mass is 339 g/mol. The molecule has 0 spiro atoms. The Balaban J connectivity index is 1.84. The van der Waals surface area contributed by atoms with Gasteiger partial charge in [0.1, 0.15) is 4.21 Å². The van der Waals surface area contributed by atoms with E-state index in [-0.39, 0.29) is 9.90 Å². The van der Waals surface area contributed by atoms with Crippen LogP contribution in [0.25, 0.3) is 0 Å². The molecule has 118 valence electrons. The van der Waals surface area contributed by atoms with Gasteiger partial charge in [-0.25, -0.2) is 13.1 Å². The van der Waals surface area contributed by atoms with Gasteiger partial charge in [0.25, 0.3) is 15.9 Å². The fourth-order valence-corrected chi connectivity index (χ4v) is 4.74. The lowest BCUT2D eigenvalue weighted by molar-refractivity contribution is 0.0976. The fraction of sp³-hybridized carbons (Fsp3) is 0.429. The lowest BCUT2D eigenvalue weighted by atomic mass is 10.2. The van der Waals surface area contributed by atoms with Crippen molar-refractivity contribution in [3.63, 3.8) is 0 Å². The second-order valence-corrected chi connectivity index (χ2v) is 8.16. The first-order valence-electron chi connectivity index (χ1n) is 7.11. The first-order chi connectivity index (χ1) is 10.4. The van der Waals surface area contributed by atoms with Gasteiger partial charge in [-0.1, -0.05) is 0 Å². The number of aromatic nitrogens is 2. The van der Waals surface area contributed by atoms with Crippen LogP contribution in [0.2, 0.25) is 0 Å². The van der Waals surface area contributed by atoms with Crippen molar-refractivity contribution in [2.45, 2.75) is 43.4 Å². The van der Waals surface area contributed by atoms with Crippen LogP contribution in [0.15, 0.2) is 21.7 Å². The van der Waals surface area contributed by atoms with Crippen molar-refractivity contribution < 1.29 is 13.2 Å². The molecule has 8 heteroatoms. The predicted molar refractivity (Wildman–Crippen MR) is 83.6 cm³/mol. The van der Waals surface area contributed by atoms with E-state index in [0.29, 0.717) is 18.0 Å². The Hall–Kier alpha value is -1.67. The van der Waals surface area contributed by atoms with Gasteiger partial charge in [-0.3, -0.25) is 9.48 Å². The summed E-state index contributed by atoms with van der Waals surface area (Å²) in [5, 5.41) is 5.91. The molecule has 1 aliphatic rings. The normalized spacial score (nSPS) is 15.0. The molecule has 6 nitrogen and oxygen atoms in total. The first kappa shape index (κ1) is 15.2. The number of hydrogen-bond donors (Lipinski definition) is 1. The second kappa shape index (κ2) is 5.51. The molecule has 1 amide bonds. The molecule has 1 N–H and O–H groups in total. The SMILES string of the molecule is CCn1nc(C(=O)NS(=O)(=O)c2sccc2C)cc1C1CC1. The maximum atomic E-state index is 12.2. The highest BCUT2D eigenvalue weighted by atomic mass is 32.2. The van der Waals surface area contributed by atoms with Crippen LogP contribution in [0.5, 0.6) is 0 Å². The van der Waals surface area contributed by atoms with E-state index in [4.69, 9.17) is 0 Å². The van der Waals surface area contributed by atoms with Gasteiger partial charge in [0.15, 0.2) is 5.69 Å². The Bertz CT molecular complexity index is 816. The van der Waals surface area contributed by atoms with Crippen LogP contribution in [-0.4, -0.2) is 24.1 Å². The summed E-state index contributed by atoms with van der Waals surface area (Å²) in [6.45, 7) is 4.31. The molecule has 0 radical (unpaired) electrons. The van der Waals surface area contributed by atoms with E-state index in [1.54, 1.807) is 29.1 Å². The molecule has 1 aliphatic carbocycles. The van der Waals surface area contributed by atoms with Gasteiger partial charge < -0.3 is 0 Å². The summed E-state index contributed by atoms with van der Waals surface area (Å²) in [6.07, 6.45) is 2.19. The van der Waals surface area contributed by atoms with Crippen LogP contribution in [0.4, 0.5) is 0 Å². The summed E-state index contributed by atoms with van der Waals surface area (Å²) in [6, 6.07) is 3.41. The molecule has 0 aliphatic heterocycles. The number of sulfonamides is 1. The van der Waals surface area contributed by atoms with E-state index in [9.17, 15) is 13.2 Å². The van der Waals surface area contributed by atoms with E-state index in [1.165, 1.54) is 0 Å². The van der Waals surface area contributed by atoms with Crippen LogP contribution in [0.1, 0.15) is 47.4 Å². The van der Waals surface area contributed by atoms with Gasteiger partial charge in [-0.05, 0) is 49.8 Å². The molecule has 1 fully saturated rings. The minimum Gasteiger partial charge on any atom is -0.269 e. The largest absolute Gasteiger partial charge is 0.285 e. The van der Waals surface area contributed by atoms with Crippen molar-refractivity contribution in [2.24, 2.45) is 0 Å². The lowest BCUT2D eigenvalue weighted by Crippen LogP contribution is -2.30. The molecule has 2 aromatic rings. The van der Waals surface area contributed by atoms with Crippen molar-refractivity contribution in [3.8, 4) is 0 Å². The summed E-state index contributed by atoms with van der Waals surface area (Å²) in [4.78, 5) is 12.2. The minimum atomic E-state index is -3.84. The maximum Gasteiger partial charge on any atom is 0.285 e. The minimum absolute atomic E-state index is 0.154. The number of thiophene rings is 1. The molecular formula is C14H17N3O3S2.